The predicted molar refractivity (Wildman–Crippen MR) is 90.9 cm³/mol. The number of hydrogen-bond donors (Lipinski definition) is 3. The van der Waals surface area contributed by atoms with Crippen molar-refractivity contribution in [3.8, 4) is 5.75 Å². The van der Waals surface area contributed by atoms with Gasteiger partial charge in [-0.15, -0.1) is 0 Å². The van der Waals surface area contributed by atoms with Crippen LogP contribution in [-0.4, -0.2) is 29.4 Å². The van der Waals surface area contributed by atoms with Crippen molar-refractivity contribution < 1.29 is 14.6 Å². The molecule has 0 radical (unpaired) electrons. The molecule has 0 unspecified atom stereocenters. The monoisotopic (exact) mass is 330 g/mol. The van der Waals surface area contributed by atoms with Crippen molar-refractivity contribution in [2.24, 2.45) is 5.92 Å². The van der Waals surface area contributed by atoms with Crippen molar-refractivity contribution in [3.05, 3.63) is 29.8 Å². The molecular formula is C19H26N2O3. The van der Waals surface area contributed by atoms with Crippen LogP contribution in [0.5, 0.6) is 5.75 Å². The third-order valence-electron chi connectivity index (χ3n) is 5.91. The van der Waals surface area contributed by atoms with Gasteiger partial charge in [-0.25, -0.2) is 4.79 Å². The summed E-state index contributed by atoms with van der Waals surface area (Å²) >= 11 is 0. The molecule has 1 aromatic rings. The maximum absolute atomic E-state index is 12.4. The summed E-state index contributed by atoms with van der Waals surface area (Å²) < 4.78 is 6.22. The Balaban J connectivity index is 1.40. The summed E-state index contributed by atoms with van der Waals surface area (Å²) in [5.41, 5.74) is 0.972. The second-order valence-electron chi connectivity index (χ2n) is 7.55. The summed E-state index contributed by atoms with van der Waals surface area (Å²) in [5, 5.41) is 15.9. The van der Waals surface area contributed by atoms with E-state index in [-0.39, 0.29) is 29.7 Å². The molecule has 3 N–H and O–H groups in total. The van der Waals surface area contributed by atoms with Gasteiger partial charge in [-0.3, -0.25) is 0 Å². The minimum absolute atomic E-state index is 0.0104. The summed E-state index contributed by atoms with van der Waals surface area (Å²) in [6.45, 7) is 0.545. The summed E-state index contributed by atoms with van der Waals surface area (Å²) in [5.74, 6) is 1.09. The molecule has 1 spiro atoms. The molecule has 0 bridgehead atoms. The maximum atomic E-state index is 12.4. The number of ether oxygens (including phenoxy) is 1. The largest absolute Gasteiger partial charge is 0.487 e. The van der Waals surface area contributed by atoms with E-state index in [0.717, 1.165) is 49.8 Å². The van der Waals surface area contributed by atoms with Crippen molar-refractivity contribution in [1.82, 2.24) is 10.6 Å². The fourth-order valence-corrected chi connectivity index (χ4v) is 4.31. The Labute approximate surface area is 142 Å². The number of aliphatic hydroxyl groups excluding tert-OH is 1. The average molecular weight is 330 g/mol. The van der Waals surface area contributed by atoms with Crippen LogP contribution in [0.1, 0.15) is 56.6 Å². The van der Waals surface area contributed by atoms with Gasteiger partial charge in [-0.2, -0.15) is 0 Å². The Morgan fingerprint density at radius 1 is 1.25 bits per heavy atom. The normalized spacial score (nSPS) is 30.1. The zero-order chi connectivity index (χ0) is 16.6. The third-order valence-corrected chi connectivity index (χ3v) is 5.91. The zero-order valence-corrected chi connectivity index (χ0v) is 14.0. The average Bonchev–Trinajstić information content (AvgIpc) is 2.96. The number of carbonyl (C=O) groups excluding carboxylic acids is 1. The highest BCUT2D eigenvalue weighted by molar-refractivity contribution is 5.74. The Hall–Kier alpha value is -1.75. The molecule has 24 heavy (non-hydrogen) atoms. The topological polar surface area (TPSA) is 70.6 Å². The number of benzene rings is 1. The van der Waals surface area contributed by atoms with Crippen molar-refractivity contribution in [2.45, 2.75) is 62.7 Å². The lowest BCUT2D eigenvalue weighted by Crippen LogP contribution is -2.51. The van der Waals surface area contributed by atoms with Crippen LogP contribution in [0.3, 0.4) is 0 Å². The van der Waals surface area contributed by atoms with Crippen LogP contribution in [-0.2, 0) is 0 Å². The second-order valence-corrected chi connectivity index (χ2v) is 7.55. The van der Waals surface area contributed by atoms with Gasteiger partial charge in [0.05, 0.1) is 12.1 Å². The first kappa shape index (κ1) is 15.8. The molecule has 5 heteroatoms. The van der Waals surface area contributed by atoms with E-state index in [1.165, 1.54) is 6.42 Å². The lowest BCUT2D eigenvalue weighted by atomic mass is 9.73. The van der Waals surface area contributed by atoms with E-state index in [1.807, 2.05) is 24.3 Å². The number of para-hydroxylation sites is 1. The van der Waals surface area contributed by atoms with Gasteiger partial charge >= 0.3 is 6.03 Å². The van der Waals surface area contributed by atoms with E-state index in [2.05, 4.69) is 10.6 Å². The third kappa shape index (κ3) is 2.97. The van der Waals surface area contributed by atoms with E-state index in [9.17, 15) is 9.90 Å². The van der Waals surface area contributed by atoms with E-state index >= 15 is 0 Å². The van der Waals surface area contributed by atoms with Crippen molar-refractivity contribution in [2.75, 3.05) is 6.54 Å². The number of hydrogen-bond acceptors (Lipinski definition) is 3. The van der Waals surface area contributed by atoms with Gasteiger partial charge in [-0.05, 0) is 38.2 Å². The molecule has 2 fully saturated rings. The van der Waals surface area contributed by atoms with Gasteiger partial charge in [-0.1, -0.05) is 24.6 Å². The number of nitrogens with one attached hydrogen (secondary N) is 2. The van der Waals surface area contributed by atoms with Gasteiger partial charge in [0.15, 0.2) is 0 Å². The standard InChI is InChI=1S/C19H26N2O3/c22-16-7-3-5-13(16)12-20-18(23)21-15-11-19(9-4-10-19)24-17-8-2-1-6-14(15)17/h1-2,6,8,13,15-16,22H,3-5,7,9-12H2,(H2,20,21,23)/t13-,15-,16+/m0/s1. The summed E-state index contributed by atoms with van der Waals surface area (Å²) in [4.78, 5) is 12.4. The van der Waals surface area contributed by atoms with Crippen LogP contribution in [0.4, 0.5) is 4.79 Å². The second kappa shape index (κ2) is 6.28. The Morgan fingerprint density at radius 3 is 2.79 bits per heavy atom. The molecule has 1 heterocycles. The molecule has 2 aliphatic carbocycles. The molecule has 0 saturated heterocycles. The summed E-state index contributed by atoms with van der Waals surface area (Å²) in [6, 6.07) is 7.84. The van der Waals surface area contributed by atoms with Crippen LogP contribution in [0.15, 0.2) is 24.3 Å². The minimum Gasteiger partial charge on any atom is -0.487 e. The molecule has 4 rings (SSSR count). The minimum atomic E-state index is -0.271. The highest BCUT2D eigenvalue weighted by atomic mass is 16.5. The number of aliphatic hydroxyl groups is 1. The summed E-state index contributed by atoms with van der Waals surface area (Å²) in [7, 11) is 0. The molecule has 1 aromatic carbocycles. The Kier molecular flexibility index (Phi) is 4.12. The molecule has 2 amide bonds. The van der Waals surface area contributed by atoms with E-state index in [4.69, 9.17) is 4.74 Å². The first-order chi connectivity index (χ1) is 11.7. The van der Waals surface area contributed by atoms with Crippen molar-refractivity contribution >= 4 is 6.03 Å². The Bertz CT molecular complexity index is 614. The predicted octanol–water partition coefficient (Wildman–Crippen LogP) is 2.89. The molecule has 0 aromatic heterocycles. The SMILES string of the molecule is O=C(NC[C@@H]1CCC[C@H]1O)N[C@H]1CC2(CCC2)Oc2ccccc21. The summed E-state index contributed by atoms with van der Waals surface area (Å²) in [6.07, 6.45) is 6.78. The fourth-order valence-electron chi connectivity index (χ4n) is 4.31. The number of urea groups is 1. The molecule has 1 aliphatic heterocycles. The van der Waals surface area contributed by atoms with E-state index < -0.39 is 0 Å². The van der Waals surface area contributed by atoms with Crippen molar-refractivity contribution in [3.63, 3.8) is 0 Å². The van der Waals surface area contributed by atoms with E-state index in [1.54, 1.807) is 0 Å². The highest BCUT2D eigenvalue weighted by Gasteiger charge is 2.45. The molecule has 5 nitrogen and oxygen atoms in total. The molecule has 2 saturated carbocycles. The van der Waals surface area contributed by atoms with Crippen molar-refractivity contribution in [1.29, 1.82) is 0 Å². The number of amides is 2. The molecular weight excluding hydrogens is 304 g/mol. The van der Waals surface area contributed by atoms with E-state index in [0.29, 0.717) is 6.54 Å². The Morgan fingerprint density at radius 2 is 2.08 bits per heavy atom. The lowest BCUT2D eigenvalue weighted by molar-refractivity contribution is -0.0355. The van der Waals surface area contributed by atoms with Gasteiger partial charge in [0.2, 0.25) is 0 Å². The maximum Gasteiger partial charge on any atom is 0.315 e. The van der Waals surface area contributed by atoms with Crippen LogP contribution in [0, 0.1) is 5.92 Å². The van der Waals surface area contributed by atoms with Gasteiger partial charge in [0.25, 0.3) is 0 Å². The molecule has 3 aliphatic rings. The van der Waals surface area contributed by atoms with Crippen LogP contribution >= 0.6 is 0 Å². The number of rotatable bonds is 3. The van der Waals surface area contributed by atoms with Gasteiger partial charge in [0.1, 0.15) is 11.4 Å². The molecule has 130 valence electrons. The smallest absolute Gasteiger partial charge is 0.315 e. The zero-order valence-electron chi connectivity index (χ0n) is 14.0. The fraction of sp³-hybridized carbons (Fsp3) is 0.632. The first-order valence-electron chi connectivity index (χ1n) is 9.16. The van der Waals surface area contributed by atoms with Crippen LogP contribution in [0.2, 0.25) is 0 Å². The first-order valence-corrected chi connectivity index (χ1v) is 9.16. The van der Waals surface area contributed by atoms with Gasteiger partial charge in [0, 0.05) is 24.4 Å². The van der Waals surface area contributed by atoms with Crippen LogP contribution < -0.4 is 15.4 Å². The van der Waals surface area contributed by atoms with Crippen LogP contribution in [0.25, 0.3) is 0 Å². The number of carbonyl (C=O) groups is 1. The lowest BCUT2D eigenvalue weighted by Gasteiger charge is -2.48. The number of fused-ring (bicyclic) bond motifs is 1. The molecule has 3 atom stereocenters. The van der Waals surface area contributed by atoms with Gasteiger partial charge < -0.3 is 20.5 Å². The highest BCUT2D eigenvalue weighted by Crippen LogP contribution is 2.48. The quantitative estimate of drug-likeness (QED) is 0.798.